The fraction of sp³-hybridized carbons (Fsp3) is 0.250. The molecule has 9 heteroatoms. The second-order valence-electron chi connectivity index (χ2n) is 8.01. The van der Waals surface area contributed by atoms with Crippen LogP contribution in [0.15, 0.2) is 70.3 Å². The minimum Gasteiger partial charge on any atom is -0.360 e. The zero-order valence-electron chi connectivity index (χ0n) is 18.5. The van der Waals surface area contributed by atoms with Crippen LogP contribution in [0.5, 0.6) is 0 Å². The summed E-state index contributed by atoms with van der Waals surface area (Å²) in [6.07, 6.45) is 0. The highest BCUT2D eigenvalue weighted by Crippen LogP contribution is 2.37. The molecule has 0 radical (unpaired) electrons. The molecule has 2 aromatic heterocycles. The van der Waals surface area contributed by atoms with Crippen LogP contribution in [0.1, 0.15) is 30.4 Å². The summed E-state index contributed by atoms with van der Waals surface area (Å²) in [7, 11) is 0. The normalized spacial score (nSPS) is 12.2. The summed E-state index contributed by atoms with van der Waals surface area (Å²) >= 11 is 1.26. The van der Waals surface area contributed by atoms with E-state index in [0.717, 1.165) is 5.56 Å². The lowest BCUT2D eigenvalue weighted by molar-refractivity contribution is -0.115. The van der Waals surface area contributed by atoms with Gasteiger partial charge in [-0.2, -0.15) is 0 Å². The van der Waals surface area contributed by atoms with Crippen molar-refractivity contribution in [1.29, 1.82) is 0 Å². The maximum Gasteiger partial charge on any atom is 0.243 e. The number of anilines is 1. The van der Waals surface area contributed by atoms with E-state index >= 15 is 0 Å². The third-order valence-electron chi connectivity index (χ3n) is 4.82. The lowest BCUT2D eigenvalue weighted by Crippen LogP contribution is -2.20. The largest absolute Gasteiger partial charge is 0.360 e. The maximum absolute atomic E-state index is 14.5. The van der Waals surface area contributed by atoms with Crippen LogP contribution in [0.2, 0.25) is 0 Å². The molecule has 2 heterocycles. The van der Waals surface area contributed by atoms with E-state index in [2.05, 4.69) is 34.5 Å². The molecule has 0 spiro atoms. The van der Waals surface area contributed by atoms with E-state index in [1.54, 1.807) is 31.2 Å². The second kappa shape index (κ2) is 9.99. The molecular formula is C24H24FN5O2S. The average Bonchev–Trinajstić information content (AvgIpc) is 3.38. The van der Waals surface area contributed by atoms with E-state index in [-0.39, 0.29) is 17.6 Å². The molecule has 0 aliphatic heterocycles. The number of nitrogens with zero attached hydrogens (tertiary/aromatic N) is 4. The summed E-state index contributed by atoms with van der Waals surface area (Å²) < 4.78 is 21.5. The van der Waals surface area contributed by atoms with Gasteiger partial charge >= 0.3 is 0 Å². The molecular weight excluding hydrogens is 441 g/mol. The number of nitrogens with one attached hydrogen (secondary N) is 1. The highest BCUT2D eigenvalue weighted by atomic mass is 32.2. The van der Waals surface area contributed by atoms with Crippen molar-refractivity contribution in [2.24, 2.45) is 5.92 Å². The van der Waals surface area contributed by atoms with Gasteiger partial charge in [-0.1, -0.05) is 73.2 Å². The van der Waals surface area contributed by atoms with Crippen LogP contribution in [0.25, 0.3) is 11.4 Å². The number of aromatic nitrogens is 4. The molecule has 1 amide bonds. The molecule has 7 nitrogen and oxygen atoms in total. The lowest BCUT2D eigenvalue weighted by atomic mass is 10.1. The number of benzene rings is 2. The van der Waals surface area contributed by atoms with Gasteiger partial charge in [-0.3, -0.25) is 4.79 Å². The van der Waals surface area contributed by atoms with Crippen molar-refractivity contribution in [3.05, 3.63) is 77.8 Å². The molecule has 0 fully saturated rings. The Labute approximate surface area is 195 Å². The van der Waals surface area contributed by atoms with Crippen LogP contribution >= 0.6 is 11.8 Å². The van der Waals surface area contributed by atoms with Gasteiger partial charge in [0.1, 0.15) is 16.8 Å². The predicted molar refractivity (Wildman–Crippen MR) is 125 cm³/mol. The molecule has 0 saturated carbocycles. The number of hydrogen-bond donors (Lipinski definition) is 1. The molecule has 4 aromatic rings. The van der Waals surface area contributed by atoms with E-state index < -0.39 is 5.25 Å². The monoisotopic (exact) mass is 465 g/mol. The molecule has 0 saturated heterocycles. The van der Waals surface area contributed by atoms with E-state index in [0.29, 0.717) is 34.7 Å². The SMILES string of the molecule is Cc1cc(NC(=O)C(Sc2nnc(-c3ccccc3F)n2CC(C)C)c2ccccc2)no1. The Kier molecular flexibility index (Phi) is 6.88. The number of carbonyl (C=O) groups is 1. The number of amides is 1. The average molecular weight is 466 g/mol. The Morgan fingerprint density at radius 2 is 1.85 bits per heavy atom. The molecule has 0 aliphatic carbocycles. The molecule has 1 unspecified atom stereocenters. The molecule has 0 bridgehead atoms. The van der Waals surface area contributed by atoms with Gasteiger partial charge in [0.15, 0.2) is 16.8 Å². The zero-order valence-corrected chi connectivity index (χ0v) is 19.3. The molecule has 4 rings (SSSR count). The summed E-state index contributed by atoms with van der Waals surface area (Å²) in [5.41, 5.74) is 1.17. The van der Waals surface area contributed by atoms with Gasteiger partial charge in [0.2, 0.25) is 5.91 Å². The Balaban J connectivity index is 1.71. The Morgan fingerprint density at radius 1 is 1.12 bits per heavy atom. The number of rotatable bonds is 8. The Morgan fingerprint density at radius 3 is 2.52 bits per heavy atom. The van der Waals surface area contributed by atoms with Gasteiger partial charge < -0.3 is 14.4 Å². The summed E-state index contributed by atoms with van der Waals surface area (Å²) in [5, 5.41) is 15.2. The summed E-state index contributed by atoms with van der Waals surface area (Å²) in [5.74, 6) is 0.989. The van der Waals surface area contributed by atoms with Crippen LogP contribution in [0.4, 0.5) is 10.2 Å². The second-order valence-corrected chi connectivity index (χ2v) is 9.08. The maximum atomic E-state index is 14.5. The molecule has 1 N–H and O–H groups in total. The smallest absolute Gasteiger partial charge is 0.243 e. The molecule has 33 heavy (non-hydrogen) atoms. The summed E-state index contributed by atoms with van der Waals surface area (Å²) in [6.45, 7) is 6.46. The Hall–Kier alpha value is -3.46. The van der Waals surface area contributed by atoms with Crippen LogP contribution in [-0.4, -0.2) is 25.8 Å². The van der Waals surface area contributed by atoms with Gasteiger partial charge in [-0.25, -0.2) is 4.39 Å². The number of carbonyl (C=O) groups excluding carboxylic acids is 1. The number of hydrogen-bond acceptors (Lipinski definition) is 6. The first-order valence-electron chi connectivity index (χ1n) is 10.6. The number of aryl methyl sites for hydroxylation is 1. The minimum atomic E-state index is -0.633. The first kappa shape index (κ1) is 22.7. The lowest BCUT2D eigenvalue weighted by Gasteiger charge is -2.18. The van der Waals surface area contributed by atoms with Crippen molar-refractivity contribution in [2.45, 2.75) is 37.7 Å². The van der Waals surface area contributed by atoms with Crippen LogP contribution < -0.4 is 5.32 Å². The fourth-order valence-electron chi connectivity index (χ4n) is 3.37. The van der Waals surface area contributed by atoms with Gasteiger partial charge in [0.25, 0.3) is 0 Å². The van der Waals surface area contributed by atoms with Gasteiger partial charge in [-0.15, -0.1) is 10.2 Å². The van der Waals surface area contributed by atoms with Crippen molar-refractivity contribution in [3.8, 4) is 11.4 Å². The highest BCUT2D eigenvalue weighted by Gasteiger charge is 2.27. The standard InChI is InChI=1S/C24H24FN5O2S/c1-15(2)14-30-22(18-11-7-8-12-19(18)25)27-28-24(30)33-21(17-9-5-4-6-10-17)23(31)26-20-13-16(3)32-29-20/h4-13,15,21H,14H2,1-3H3,(H,26,29,31). The zero-order chi connectivity index (χ0) is 23.4. The molecule has 0 aliphatic rings. The fourth-order valence-corrected chi connectivity index (χ4v) is 4.42. The van der Waals surface area contributed by atoms with Gasteiger partial charge in [0, 0.05) is 12.6 Å². The Bertz CT molecular complexity index is 1240. The topological polar surface area (TPSA) is 85.8 Å². The van der Waals surface area contributed by atoms with Crippen LogP contribution in [0.3, 0.4) is 0 Å². The van der Waals surface area contributed by atoms with E-state index in [1.807, 2.05) is 34.9 Å². The van der Waals surface area contributed by atoms with Crippen molar-refractivity contribution in [1.82, 2.24) is 19.9 Å². The molecule has 1 atom stereocenters. The highest BCUT2D eigenvalue weighted by molar-refractivity contribution is 8.00. The van der Waals surface area contributed by atoms with E-state index in [9.17, 15) is 9.18 Å². The van der Waals surface area contributed by atoms with E-state index in [1.165, 1.54) is 17.8 Å². The summed E-state index contributed by atoms with van der Waals surface area (Å²) in [6, 6.07) is 17.5. The van der Waals surface area contributed by atoms with E-state index in [4.69, 9.17) is 4.52 Å². The summed E-state index contributed by atoms with van der Waals surface area (Å²) in [4.78, 5) is 13.3. The third kappa shape index (κ3) is 5.31. The molecule has 170 valence electrons. The van der Waals surface area contributed by atoms with Crippen molar-refractivity contribution in [2.75, 3.05) is 5.32 Å². The van der Waals surface area contributed by atoms with Crippen LogP contribution in [0, 0.1) is 18.7 Å². The first-order chi connectivity index (χ1) is 15.9. The predicted octanol–water partition coefficient (Wildman–Crippen LogP) is 5.51. The van der Waals surface area contributed by atoms with Gasteiger partial charge in [0.05, 0.1) is 5.56 Å². The number of thioether (sulfide) groups is 1. The van der Waals surface area contributed by atoms with Crippen LogP contribution in [-0.2, 0) is 11.3 Å². The minimum absolute atomic E-state index is 0.257. The van der Waals surface area contributed by atoms with Crippen molar-refractivity contribution >= 4 is 23.5 Å². The van der Waals surface area contributed by atoms with Crippen molar-refractivity contribution < 1.29 is 13.7 Å². The number of halogens is 1. The third-order valence-corrected chi connectivity index (χ3v) is 6.06. The quantitative estimate of drug-likeness (QED) is 0.346. The van der Waals surface area contributed by atoms with Gasteiger partial charge in [-0.05, 0) is 30.5 Å². The first-order valence-corrected chi connectivity index (χ1v) is 11.4. The molecule has 2 aromatic carbocycles. The van der Waals surface area contributed by atoms with Crippen molar-refractivity contribution in [3.63, 3.8) is 0 Å².